The number of rotatable bonds is 4. The van der Waals surface area contributed by atoms with E-state index in [1.54, 1.807) is 0 Å². The van der Waals surface area contributed by atoms with Crippen molar-refractivity contribution in [3.8, 4) is 56.4 Å². The molecule has 0 spiro atoms. The number of hydrogen-bond donors (Lipinski definition) is 0. The average Bonchev–Trinajstić information content (AvgIpc) is 3.43. The first kappa shape index (κ1) is 29.5. The van der Waals surface area contributed by atoms with E-state index in [1.165, 1.54) is 65.7 Å². The van der Waals surface area contributed by atoms with E-state index in [4.69, 9.17) is 15.0 Å². The fourth-order valence-corrected chi connectivity index (χ4v) is 8.25. The molecule has 240 valence electrons. The van der Waals surface area contributed by atoms with Gasteiger partial charge in [-0.25, -0.2) is 15.0 Å². The molecule has 9 aromatic rings. The Morgan fingerprint density at radius 2 is 0.843 bits per heavy atom. The topological polar surface area (TPSA) is 38.7 Å². The Kier molecular flexibility index (Phi) is 6.53. The standard InChI is InChI=1S/C48H33N3/c1-48(2)42-27-23-34(47-50-45(31-16-8-4-9-17-31)49-46(51-47)32-18-10-5-11-19-32)29-41(42)39-26-25-38-40-28-33(30-14-6-3-7-15-30)22-24-36(40)35-20-12-13-21-37(35)43(38)44(39)48/h3-29H,1-2H3. The summed E-state index contributed by atoms with van der Waals surface area (Å²) in [5.41, 5.74) is 10.3. The molecule has 0 saturated heterocycles. The average molecular weight is 652 g/mol. The molecule has 0 atom stereocenters. The molecule has 0 aliphatic heterocycles. The van der Waals surface area contributed by atoms with E-state index in [0.29, 0.717) is 17.5 Å². The maximum absolute atomic E-state index is 5.05. The highest BCUT2D eigenvalue weighted by Gasteiger charge is 2.38. The van der Waals surface area contributed by atoms with Crippen LogP contribution in [0.4, 0.5) is 0 Å². The molecule has 1 aliphatic carbocycles. The van der Waals surface area contributed by atoms with Crippen molar-refractivity contribution in [3.05, 3.63) is 175 Å². The number of benzene rings is 8. The van der Waals surface area contributed by atoms with Crippen molar-refractivity contribution < 1.29 is 0 Å². The van der Waals surface area contributed by atoms with Crippen molar-refractivity contribution >= 4 is 32.3 Å². The molecule has 0 saturated carbocycles. The van der Waals surface area contributed by atoms with Gasteiger partial charge in [-0.2, -0.15) is 0 Å². The van der Waals surface area contributed by atoms with Crippen molar-refractivity contribution in [2.75, 3.05) is 0 Å². The second-order valence-electron chi connectivity index (χ2n) is 14.0. The number of nitrogens with zero attached hydrogens (tertiary/aromatic N) is 3. The van der Waals surface area contributed by atoms with Gasteiger partial charge in [0.2, 0.25) is 0 Å². The van der Waals surface area contributed by atoms with Crippen LogP contribution in [0.5, 0.6) is 0 Å². The summed E-state index contributed by atoms with van der Waals surface area (Å²) >= 11 is 0. The molecular formula is C48H33N3. The fraction of sp³-hybridized carbons (Fsp3) is 0.0625. The van der Waals surface area contributed by atoms with E-state index < -0.39 is 0 Å². The van der Waals surface area contributed by atoms with Crippen LogP contribution in [0.3, 0.4) is 0 Å². The summed E-state index contributed by atoms with van der Waals surface area (Å²) in [6.07, 6.45) is 0. The Labute approximate surface area is 297 Å². The van der Waals surface area contributed by atoms with E-state index in [-0.39, 0.29) is 5.41 Å². The van der Waals surface area contributed by atoms with Gasteiger partial charge >= 0.3 is 0 Å². The molecule has 0 bridgehead atoms. The molecular weight excluding hydrogens is 619 g/mol. The highest BCUT2D eigenvalue weighted by Crippen LogP contribution is 2.54. The quantitative estimate of drug-likeness (QED) is 0.178. The smallest absolute Gasteiger partial charge is 0.164 e. The molecule has 10 rings (SSSR count). The third-order valence-electron chi connectivity index (χ3n) is 10.7. The van der Waals surface area contributed by atoms with Crippen LogP contribution in [-0.4, -0.2) is 15.0 Å². The normalized spacial score (nSPS) is 13.1. The van der Waals surface area contributed by atoms with Gasteiger partial charge in [0.05, 0.1) is 0 Å². The summed E-state index contributed by atoms with van der Waals surface area (Å²) in [6.45, 7) is 4.75. The molecule has 0 amide bonds. The maximum atomic E-state index is 5.05. The van der Waals surface area contributed by atoms with Crippen molar-refractivity contribution in [2.45, 2.75) is 19.3 Å². The number of hydrogen-bond acceptors (Lipinski definition) is 3. The van der Waals surface area contributed by atoms with E-state index in [9.17, 15) is 0 Å². The van der Waals surface area contributed by atoms with Gasteiger partial charge in [-0.05, 0) is 77.8 Å². The van der Waals surface area contributed by atoms with Crippen LogP contribution in [-0.2, 0) is 5.41 Å². The molecule has 1 heterocycles. The van der Waals surface area contributed by atoms with Gasteiger partial charge in [0.1, 0.15) is 0 Å². The number of aromatic nitrogens is 3. The zero-order valence-electron chi connectivity index (χ0n) is 28.4. The summed E-state index contributed by atoms with van der Waals surface area (Å²) in [5.74, 6) is 2.00. The highest BCUT2D eigenvalue weighted by atomic mass is 15.0. The second-order valence-corrected chi connectivity index (χ2v) is 14.0. The van der Waals surface area contributed by atoms with Crippen LogP contribution in [0.25, 0.3) is 88.7 Å². The third-order valence-corrected chi connectivity index (χ3v) is 10.7. The molecule has 1 aromatic heterocycles. The van der Waals surface area contributed by atoms with Gasteiger partial charge < -0.3 is 0 Å². The minimum atomic E-state index is -0.223. The zero-order chi connectivity index (χ0) is 34.1. The van der Waals surface area contributed by atoms with E-state index in [2.05, 4.69) is 141 Å². The Morgan fingerprint density at radius 3 is 1.49 bits per heavy atom. The summed E-state index contributed by atoms with van der Waals surface area (Å²) in [7, 11) is 0. The van der Waals surface area contributed by atoms with Crippen LogP contribution >= 0.6 is 0 Å². The van der Waals surface area contributed by atoms with Gasteiger partial charge in [-0.15, -0.1) is 0 Å². The van der Waals surface area contributed by atoms with Crippen LogP contribution in [0, 0.1) is 0 Å². The van der Waals surface area contributed by atoms with Crippen molar-refractivity contribution in [3.63, 3.8) is 0 Å². The minimum absolute atomic E-state index is 0.223. The molecule has 51 heavy (non-hydrogen) atoms. The molecule has 0 fully saturated rings. The second kappa shape index (κ2) is 11.3. The Morgan fingerprint density at radius 1 is 0.353 bits per heavy atom. The minimum Gasteiger partial charge on any atom is -0.208 e. The summed E-state index contributed by atoms with van der Waals surface area (Å²) in [5, 5.41) is 7.77. The lowest BCUT2D eigenvalue weighted by Gasteiger charge is -2.25. The fourth-order valence-electron chi connectivity index (χ4n) is 8.25. The lowest BCUT2D eigenvalue weighted by atomic mass is 9.78. The Bertz CT molecular complexity index is 2750. The largest absolute Gasteiger partial charge is 0.208 e. The van der Waals surface area contributed by atoms with Gasteiger partial charge in [0.15, 0.2) is 17.5 Å². The molecule has 1 aliphatic rings. The van der Waals surface area contributed by atoms with Crippen molar-refractivity contribution in [1.82, 2.24) is 15.0 Å². The van der Waals surface area contributed by atoms with E-state index in [0.717, 1.165) is 16.7 Å². The molecule has 0 N–H and O–H groups in total. The van der Waals surface area contributed by atoms with E-state index >= 15 is 0 Å². The molecule has 0 radical (unpaired) electrons. The predicted octanol–water partition coefficient (Wildman–Crippen LogP) is 12.3. The Hall–Kier alpha value is -6.45. The molecule has 3 heteroatoms. The Balaban J connectivity index is 1.21. The van der Waals surface area contributed by atoms with Gasteiger partial charge in [-0.3, -0.25) is 0 Å². The van der Waals surface area contributed by atoms with Crippen LogP contribution in [0.15, 0.2) is 164 Å². The van der Waals surface area contributed by atoms with Crippen molar-refractivity contribution in [2.24, 2.45) is 0 Å². The lowest BCUT2D eigenvalue weighted by Crippen LogP contribution is -2.15. The first-order valence-electron chi connectivity index (χ1n) is 17.5. The van der Waals surface area contributed by atoms with Gasteiger partial charge in [0.25, 0.3) is 0 Å². The highest BCUT2D eigenvalue weighted by molar-refractivity contribution is 6.28. The van der Waals surface area contributed by atoms with E-state index in [1.807, 2.05) is 36.4 Å². The monoisotopic (exact) mass is 651 g/mol. The summed E-state index contributed by atoms with van der Waals surface area (Å²) in [6, 6.07) is 58.4. The zero-order valence-corrected chi connectivity index (χ0v) is 28.4. The summed E-state index contributed by atoms with van der Waals surface area (Å²) < 4.78 is 0. The third kappa shape index (κ3) is 4.62. The first-order chi connectivity index (χ1) is 25.0. The van der Waals surface area contributed by atoms with Crippen LogP contribution < -0.4 is 0 Å². The van der Waals surface area contributed by atoms with Crippen LogP contribution in [0.2, 0.25) is 0 Å². The lowest BCUT2D eigenvalue weighted by molar-refractivity contribution is 0.666. The predicted molar refractivity (Wildman–Crippen MR) is 212 cm³/mol. The van der Waals surface area contributed by atoms with Crippen LogP contribution in [0.1, 0.15) is 25.0 Å². The SMILES string of the molecule is CC1(C)c2ccc(-c3nc(-c4ccccc4)nc(-c4ccccc4)n3)cc2-c2ccc3c4cc(-c5ccccc5)ccc4c4ccccc4c3c21. The molecule has 0 unspecified atom stereocenters. The molecule has 8 aromatic carbocycles. The summed E-state index contributed by atoms with van der Waals surface area (Å²) in [4.78, 5) is 15.0. The maximum Gasteiger partial charge on any atom is 0.164 e. The molecule has 3 nitrogen and oxygen atoms in total. The van der Waals surface area contributed by atoms with Gasteiger partial charge in [-0.1, -0.05) is 166 Å². The van der Waals surface area contributed by atoms with Crippen molar-refractivity contribution in [1.29, 1.82) is 0 Å². The van der Waals surface area contributed by atoms with Gasteiger partial charge in [0, 0.05) is 22.1 Å². The number of fused-ring (bicyclic) bond motifs is 10. The first-order valence-corrected chi connectivity index (χ1v) is 17.5.